The number of aliphatic imine (C=N–C) groups is 1. The zero-order valence-corrected chi connectivity index (χ0v) is 20.6. The normalized spacial score (nSPS) is 16.8. The van der Waals surface area contributed by atoms with E-state index in [0.717, 1.165) is 11.3 Å². The third-order valence-electron chi connectivity index (χ3n) is 6.34. The van der Waals surface area contributed by atoms with Gasteiger partial charge in [-0.1, -0.05) is 41.4 Å². The average Bonchev–Trinajstić information content (AvgIpc) is 3.09. The highest BCUT2D eigenvalue weighted by atomic mass is 35.5. The van der Waals surface area contributed by atoms with Gasteiger partial charge in [-0.25, -0.2) is 4.39 Å². The molecule has 3 aromatic carbocycles. The summed E-state index contributed by atoms with van der Waals surface area (Å²) in [5, 5.41) is 12.9. The number of carbonyl (C=O) groups is 2. The number of aliphatic hydroxyl groups excluding tert-OH is 1. The van der Waals surface area contributed by atoms with E-state index in [1.54, 1.807) is 29.2 Å². The van der Waals surface area contributed by atoms with Crippen LogP contribution in [-0.4, -0.2) is 41.8 Å². The maximum absolute atomic E-state index is 13.6. The van der Waals surface area contributed by atoms with Gasteiger partial charge in [-0.2, -0.15) is 0 Å². The van der Waals surface area contributed by atoms with Crippen molar-refractivity contribution in [2.45, 2.75) is 25.3 Å². The molecule has 2 heterocycles. The summed E-state index contributed by atoms with van der Waals surface area (Å²) in [6.07, 6.45) is 0.928. The van der Waals surface area contributed by atoms with Crippen LogP contribution in [-0.2, 0) is 22.4 Å². The van der Waals surface area contributed by atoms with E-state index in [2.05, 4.69) is 5.32 Å². The third-order valence-corrected chi connectivity index (χ3v) is 6.93. The van der Waals surface area contributed by atoms with E-state index in [4.69, 9.17) is 28.2 Å². The molecule has 0 saturated carbocycles. The molecular formula is C27H22Cl2FN3O3. The molecule has 0 bridgehead atoms. The fourth-order valence-corrected chi connectivity index (χ4v) is 4.98. The number of anilines is 2. The van der Waals surface area contributed by atoms with Crippen molar-refractivity contribution in [2.75, 3.05) is 23.4 Å². The highest BCUT2D eigenvalue weighted by molar-refractivity contribution is 6.32. The summed E-state index contributed by atoms with van der Waals surface area (Å²) >= 11 is 12.6. The van der Waals surface area contributed by atoms with E-state index in [1.807, 2.05) is 18.2 Å². The molecule has 9 heteroatoms. The number of amides is 2. The van der Waals surface area contributed by atoms with E-state index in [-0.39, 0.29) is 29.9 Å². The van der Waals surface area contributed by atoms with Gasteiger partial charge in [0.15, 0.2) is 0 Å². The molecule has 0 fully saturated rings. The van der Waals surface area contributed by atoms with Gasteiger partial charge < -0.3 is 15.3 Å². The van der Waals surface area contributed by atoms with Gasteiger partial charge in [0.2, 0.25) is 11.8 Å². The van der Waals surface area contributed by atoms with Crippen LogP contribution in [0.3, 0.4) is 0 Å². The number of nitrogens with zero attached hydrogens (tertiary/aromatic N) is 2. The first-order chi connectivity index (χ1) is 17.3. The fraction of sp³-hybridized carbons (Fsp3) is 0.222. The first-order valence-electron chi connectivity index (χ1n) is 11.5. The average molecular weight is 526 g/mol. The van der Waals surface area contributed by atoms with Gasteiger partial charge in [0.25, 0.3) is 0 Å². The minimum Gasteiger partial charge on any atom is -0.396 e. The second kappa shape index (κ2) is 10.0. The zero-order chi connectivity index (χ0) is 25.4. The van der Waals surface area contributed by atoms with Gasteiger partial charge in [0.05, 0.1) is 17.8 Å². The molecule has 184 valence electrons. The Balaban J connectivity index is 1.61. The van der Waals surface area contributed by atoms with Gasteiger partial charge >= 0.3 is 0 Å². The summed E-state index contributed by atoms with van der Waals surface area (Å²) in [5.74, 6) is -0.809. The molecule has 3 aromatic rings. The lowest BCUT2D eigenvalue weighted by Gasteiger charge is -2.18. The van der Waals surface area contributed by atoms with Crippen LogP contribution in [0.5, 0.6) is 0 Å². The Morgan fingerprint density at radius 3 is 2.69 bits per heavy atom. The van der Waals surface area contributed by atoms with Gasteiger partial charge in [0, 0.05) is 46.4 Å². The number of carbonyl (C=O) groups excluding carboxylic acids is 2. The standard InChI is InChI=1S/C27H22Cl2FN3O3/c28-18-5-7-22-20(13-18)26(17-3-2-16-12-25(35)33(8-1-9-34)24(16)11-17)31-23(27(36)32-22)10-15-4-6-19(30)14-21(15)29/h2-7,11,13-14,23,34H,1,8-10,12H2,(H,32,36). The quantitative estimate of drug-likeness (QED) is 0.484. The number of hydrogen-bond donors (Lipinski definition) is 2. The fourth-order valence-electron chi connectivity index (χ4n) is 4.56. The topological polar surface area (TPSA) is 82.0 Å². The lowest BCUT2D eigenvalue weighted by atomic mass is 9.98. The highest BCUT2D eigenvalue weighted by Crippen LogP contribution is 2.34. The number of rotatable bonds is 6. The van der Waals surface area contributed by atoms with Crippen LogP contribution in [0.1, 0.15) is 28.7 Å². The van der Waals surface area contributed by atoms with Crippen molar-refractivity contribution < 1.29 is 19.1 Å². The molecule has 0 radical (unpaired) electrons. The van der Waals surface area contributed by atoms with Crippen molar-refractivity contribution in [2.24, 2.45) is 4.99 Å². The molecule has 36 heavy (non-hydrogen) atoms. The van der Waals surface area contributed by atoms with Crippen molar-refractivity contribution in [3.63, 3.8) is 0 Å². The summed E-state index contributed by atoms with van der Waals surface area (Å²) in [5.41, 5.74) is 4.72. The molecular weight excluding hydrogens is 504 g/mol. The number of hydrogen-bond acceptors (Lipinski definition) is 4. The minimum absolute atomic E-state index is 0.0151. The van der Waals surface area contributed by atoms with Gasteiger partial charge in [-0.3, -0.25) is 14.6 Å². The predicted octanol–water partition coefficient (Wildman–Crippen LogP) is 4.80. The van der Waals surface area contributed by atoms with Crippen molar-refractivity contribution in [1.82, 2.24) is 0 Å². The third kappa shape index (κ3) is 4.74. The second-order valence-corrected chi connectivity index (χ2v) is 9.60. The monoisotopic (exact) mass is 525 g/mol. The summed E-state index contributed by atoms with van der Waals surface area (Å²) in [6.45, 7) is 0.394. The summed E-state index contributed by atoms with van der Waals surface area (Å²) < 4.78 is 13.6. The van der Waals surface area contributed by atoms with Crippen molar-refractivity contribution in [3.05, 3.63) is 92.7 Å². The van der Waals surface area contributed by atoms with E-state index >= 15 is 0 Å². The Hall–Kier alpha value is -3.26. The molecule has 0 saturated heterocycles. The van der Waals surface area contributed by atoms with Gasteiger partial charge in [0.1, 0.15) is 11.9 Å². The highest BCUT2D eigenvalue weighted by Gasteiger charge is 2.30. The van der Waals surface area contributed by atoms with Crippen LogP contribution in [0, 0.1) is 5.82 Å². The Morgan fingerprint density at radius 2 is 1.92 bits per heavy atom. The Labute approximate surface area is 217 Å². The van der Waals surface area contributed by atoms with E-state index in [0.29, 0.717) is 52.5 Å². The molecule has 5 rings (SSSR count). The number of halogens is 3. The molecule has 0 aliphatic carbocycles. The lowest BCUT2D eigenvalue weighted by molar-refractivity contribution is -0.118. The van der Waals surface area contributed by atoms with Crippen LogP contribution in [0.2, 0.25) is 10.0 Å². The van der Waals surface area contributed by atoms with E-state index < -0.39 is 11.9 Å². The van der Waals surface area contributed by atoms with Gasteiger partial charge in [-0.05, 0) is 53.9 Å². The first kappa shape index (κ1) is 24.4. The molecule has 0 aromatic heterocycles. The molecule has 2 aliphatic rings. The molecule has 1 atom stereocenters. The number of aliphatic hydroxyl groups is 1. The van der Waals surface area contributed by atoms with E-state index in [1.165, 1.54) is 12.1 Å². The number of benzene rings is 3. The minimum atomic E-state index is -0.838. The van der Waals surface area contributed by atoms with Crippen molar-refractivity contribution in [3.8, 4) is 0 Å². The molecule has 6 nitrogen and oxygen atoms in total. The Morgan fingerprint density at radius 1 is 1.08 bits per heavy atom. The molecule has 2 N–H and O–H groups in total. The number of benzodiazepines with no additional fused rings is 1. The Kier molecular flexibility index (Phi) is 6.79. The summed E-state index contributed by atoms with van der Waals surface area (Å²) in [6, 6.07) is 14.0. The second-order valence-electron chi connectivity index (χ2n) is 8.76. The van der Waals surface area contributed by atoms with Crippen LogP contribution >= 0.6 is 23.2 Å². The molecule has 2 amide bonds. The SMILES string of the molecule is O=C1Nc2ccc(Cl)cc2C(c2ccc3c(c2)N(CCCO)C(=O)C3)=NC1Cc1ccc(F)cc1Cl. The Bertz CT molecular complexity index is 1410. The summed E-state index contributed by atoms with van der Waals surface area (Å²) in [4.78, 5) is 32.3. The maximum Gasteiger partial charge on any atom is 0.249 e. The number of nitrogens with one attached hydrogen (secondary N) is 1. The van der Waals surface area contributed by atoms with Crippen molar-refractivity contribution >= 4 is 52.1 Å². The zero-order valence-electron chi connectivity index (χ0n) is 19.1. The molecule has 1 unspecified atom stereocenters. The molecule has 2 aliphatic heterocycles. The van der Waals surface area contributed by atoms with Crippen LogP contribution in [0.15, 0.2) is 59.6 Å². The first-order valence-corrected chi connectivity index (χ1v) is 12.3. The van der Waals surface area contributed by atoms with Gasteiger partial charge in [-0.15, -0.1) is 0 Å². The van der Waals surface area contributed by atoms with Crippen LogP contribution in [0.4, 0.5) is 15.8 Å². The lowest BCUT2D eigenvalue weighted by Crippen LogP contribution is -2.28. The smallest absolute Gasteiger partial charge is 0.249 e. The van der Waals surface area contributed by atoms with Crippen molar-refractivity contribution in [1.29, 1.82) is 0 Å². The number of fused-ring (bicyclic) bond motifs is 2. The maximum atomic E-state index is 13.6. The summed E-state index contributed by atoms with van der Waals surface area (Å²) in [7, 11) is 0. The van der Waals surface area contributed by atoms with Crippen LogP contribution in [0.25, 0.3) is 0 Å². The molecule has 0 spiro atoms. The predicted molar refractivity (Wildman–Crippen MR) is 139 cm³/mol. The van der Waals surface area contributed by atoms with E-state index in [9.17, 15) is 19.1 Å². The largest absolute Gasteiger partial charge is 0.396 e. The van der Waals surface area contributed by atoms with Crippen LogP contribution < -0.4 is 10.2 Å².